The van der Waals surface area contributed by atoms with Crippen LogP contribution in [0.3, 0.4) is 0 Å². The van der Waals surface area contributed by atoms with Gasteiger partial charge in [0.25, 0.3) is 5.91 Å². The number of amides is 2. The molecule has 0 saturated heterocycles. The van der Waals surface area contributed by atoms with Crippen LogP contribution < -0.4 is 10.6 Å². The Labute approximate surface area is 123 Å². The van der Waals surface area contributed by atoms with Crippen molar-refractivity contribution in [3.63, 3.8) is 0 Å². The minimum Gasteiger partial charge on any atom is -0.352 e. The summed E-state index contributed by atoms with van der Waals surface area (Å²) in [6.45, 7) is 2.21. The van der Waals surface area contributed by atoms with Crippen LogP contribution in [0.25, 0.3) is 0 Å². The van der Waals surface area contributed by atoms with Crippen molar-refractivity contribution in [2.75, 3.05) is 11.9 Å². The van der Waals surface area contributed by atoms with Crippen molar-refractivity contribution < 1.29 is 9.59 Å². The average molecular weight is 286 g/mol. The average Bonchev–Trinajstić information content (AvgIpc) is 2.84. The van der Waals surface area contributed by atoms with E-state index in [2.05, 4.69) is 15.7 Å². The lowest BCUT2D eigenvalue weighted by molar-refractivity contribution is -0.116. The zero-order valence-corrected chi connectivity index (χ0v) is 12.1. The minimum atomic E-state index is -0.182. The third kappa shape index (κ3) is 4.45. The molecular weight excluding hydrogens is 268 g/mol. The Morgan fingerprint density at radius 3 is 2.76 bits per heavy atom. The van der Waals surface area contributed by atoms with Crippen molar-refractivity contribution in [2.45, 2.75) is 13.3 Å². The highest BCUT2D eigenvalue weighted by Crippen LogP contribution is 2.04. The molecular formula is C15H18N4O2. The number of anilines is 1. The molecule has 6 heteroatoms. The first kappa shape index (κ1) is 14.8. The van der Waals surface area contributed by atoms with E-state index in [9.17, 15) is 9.59 Å². The van der Waals surface area contributed by atoms with Gasteiger partial charge < -0.3 is 10.6 Å². The Morgan fingerprint density at radius 2 is 2.10 bits per heavy atom. The molecule has 1 aromatic carbocycles. The smallest absolute Gasteiger partial charge is 0.251 e. The lowest BCUT2D eigenvalue weighted by Gasteiger charge is -2.06. The molecule has 0 saturated carbocycles. The van der Waals surface area contributed by atoms with Crippen LogP contribution in [0.1, 0.15) is 22.3 Å². The summed E-state index contributed by atoms with van der Waals surface area (Å²) in [6, 6.07) is 9.03. The molecule has 6 nitrogen and oxygen atoms in total. The summed E-state index contributed by atoms with van der Waals surface area (Å²) >= 11 is 0. The van der Waals surface area contributed by atoms with E-state index >= 15 is 0 Å². The molecule has 0 fully saturated rings. The number of carbonyl (C=O) groups excluding carboxylic acids is 2. The second-order valence-corrected chi connectivity index (χ2v) is 4.80. The van der Waals surface area contributed by atoms with E-state index in [1.807, 2.05) is 25.1 Å². The highest BCUT2D eigenvalue weighted by Gasteiger charge is 2.07. The van der Waals surface area contributed by atoms with E-state index in [4.69, 9.17) is 0 Å². The molecule has 0 aliphatic rings. The van der Waals surface area contributed by atoms with Crippen molar-refractivity contribution in [1.82, 2.24) is 15.1 Å². The fourth-order valence-electron chi connectivity index (χ4n) is 1.87. The fourth-order valence-corrected chi connectivity index (χ4v) is 1.87. The van der Waals surface area contributed by atoms with Crippen molar-refractivity contribution in [2.24, 2.45) is 7.05 Å². The van der Waals surface area contributed by atoms with Gasteiger partial charge in [-0.25, -0.2) is 0 Å². The summed E-state index contributed by atoms with van der Waals surface area (Å²) in [5.74, 6) is 0.148. The van der Waals surface area contributed by atoms with Gasteiger partial charge in [0.15, 0.2) is 5.82 Å². The SMILES string of the molecule is Cc1cccc(C(=O)NCCC(=O)Nc2ccn(C)n2)c1. The molecule has 0 aliphatic heterocycles. The number of nitrogens with one attached hydrogen (secondary N) is 2. The Kier molecular flexibility index (Phi) is 4.71. The normalized spacial score (nSPS) is 10.2. The number of nitrogens with zero attached hydrogens (tertiary/aromatic N) is 2. The molecule has 0 bridgehead atoms. The van der Waals surface area contributed by atoms with Crippen LogP contribution in [-0.2, 0) is 11.8 Å². The van der Waals surface area contributed by atoms with Gasteiger partial charge >= 0.3 is 0 Å². The molecule has 110 valence electrons. The molecule has 0 aliphatic carbocycles. The van der Waals surface area contributed by atoms with Crippen LogP contribution in [-0.4, -0.2) is 28.1 Å². The first-order chi connectivity index (χ1) is 10.0. The molecule has 0 unspecified atom stereocenters. The van der Waals surface area contributed by atoms with Gasteiger partial charge in [0.05, 0.1) is 0 Å². The monoisotopic (exact) mass is 286 g/mol. The molecule has 1 aromatic heterocycles. The van der Waals surface area contributed by atoms with Crippen molar-refractivity contribution >= 4 is 17.6 Å². The summed E-state index contributed by atoms with van der Waals surface area (Å²) in [7, 11) is 1.78. The largest absolute Gasteiger partial charge is 0.352 e. The van der Waals surface area contributed by atoms with Crippen molar-refractivity contribution in [3.8, 4) is 0 Å². The molecule has 2 N–H and O–H groups in total. The van der Waals surface area contributed by atoms with Gasteiger partial charge in [-0.2, -0.15) is 5.10 Å². The number of hydrogen-bond acceptors (Lipinski definition) is 3. The van der Waals surface area contributed by atoms with Crippen molar-refractivity contribution in [1.29, 1.82) is 0 Å². The van der Waals surface area contributed by atoms with Gasteiger partial charge in [0.1, 0.15) is 0 Å². The third-order valence-electron chi connectivity index (χ3n) is 2.90. The molecule has 2 amide bonds. The summed E-state index contributed by atoms with van der Waals surface area (Å²) < 4.78 is 1.61. The molecule has 2 rings (SSSR count). The lowest BCUT2D eigenvalue weighted by Crippen LogP contribution is -2.27. The number of aryl methyl sites for hydroxylation is 2. The highest BCUT2D eigenvalue weighted by atomic mass is 16.2. The van der Waals surface area contributed by atoms with Crippen LogP contribution in [0.5, 0.6) is 0 Å². The van der Waals surface area contributed by atoms with Crippen LogP contribution in [0.4, 0.5) is 5.82 Å². The lowest BCUT2D eigenvalue weighted by atomic mass is 10.1. The van der Waals surface area contributed by atoms with Gasteiger partial charge in [-0.15, -0.1) is 0 Å². The number of hydrogen-bond donors (Lipinski definition) is 2. The zero-order chi connectivity index (χ0) is 15.2. The van der Waals surface area contributed by atoms with Crippen LogP contribution >= 0.6 is 0 Å². The second-order valence-electron chi connectivity index (χ2n) is 4.80. The van der Waals surface area contributed by atoms with E-state index in [-0.39, 0.29) is 24.8 Å². The maximum atomic E-state index is 11.9. The zero-order valence-electron chi connectivity index (χ0n) is 12.1. The molecule has 2 aromatic rings. The molecule has 1 heterocycles. The predicted octanol–water partition coefficient (Wildman–Crippen LogP) is 1.49. The summed E-state index contributed by atoms with van der Waals surface area (Å²) in [6.07, 6.45) is 1.95. The summed E-state index contributed by atoms with van der Waals surface area (Å²) in [5.41, 5.74) is 1.62. The maximum Gasteiger partial charge on any atom is 0.251 e. The van der Waals surface area contributed by atoms with E-state index in [1.54, 1.807) is 30.1 Å². The number of aromatic nitrogens is 2. The van der Waals surface area contributed by atoms with Gasteiger partial charge in [-0.05, 0) is 19.1 Å². The van der Waals surface area contributed by atoms with Crippen molar-refractivity contribution in [3.05, 3.63) is 47.7 Å². The first-order valence-electron chi connectivity index (χ1n) is 6.69. The molecule has 0 spiro atoms. The number of carbonyl (C=O) groups is 2. The Balaban J connectivity index is 1.76. The first-order valence-corrected chi connectivity index (χ1v) is 6.69. The quantitative estimate of drug-likeness (QED) is 0.874. The van der Waals surface area contributed by atoms with Gasteiger partial charge in [0, 0.05) is 37.8 Å². The Bertz CT molecular complexity index is 649. The molecule has 0 radical (unpaired) electrons. The van der Waals surface area contributed by atoms with Gasteiger partial charge in [0.2, 0.25) is 5.91 Å². The maximum absolute atomic E-state index is 11.9. The van der Waals surface area contributed by atoms with E-state index < -0.39 is 0 Å². The minimum absolute atomic E-state index is 0.177. The molecule has 21 heavy (non-hydrogen) atoms. The fraction of sp³-hybridized carbons (Fsp3) is 0.267. The van der Waals surface area contributed by atoms with Crippen LogP contribution in [0.15, 0.2) is 36.5 Å². The van der Waals surface area contributed by atoms with Gasteiger partial charge in [-0.3, -0.25) is 14.3 Å². The van der Waals surface area contributed by atoms with Crippen LogP contribution in [0, 0.1) is 6.92 Å². The standard InChI is InChI=1S/C15H18N4O2/c1-11-4-3-5-12(10-11)15(21)16-8-6-14(20)17-13-7-9-19(2)18-13/h3-5,7,9-10H,6,8H2,1-2H3,(H,16,21)(H,17,18,20). The topological polar surface area (TPSA) is 76.0 Å². The Morgan fingerprint density at radius 1 is 1.29 bits per heavy atom. The van der Waals surface area contributed by atoms with E-state index in [0.717, 1.165) is 5.56 Å². The Hall–Kier alpha value is -2.63. The van der Waals surface area contributed by atoms with E-state index in [0.29, 0.717) is 11.4 Å². The van der Waals surface area contributed by atoms with Gasteiger partial charge in [-0.1, -0.05) is 17.7 Å². The predicted molar refractivity (Wildman–Crippen MR) is 80.0 cm³/mol. The molecule has 0 atom stereocenters. The number of benzene rings is 1. The second kappa shape index (κ2) is 6.69. The highest BCUT2D eigenvalue weighted by molar-refractivity contribution is 5.95. The summed E-state index contributed by atoms with van der Waals surface area (Å²) in [4.78, 5) is 23.6. The van der Waals surface area contributed by atoms with E-state index in [1.165, 1.54) is 0 Å². The van der Waals surface area contributed by atoms with Crippen LogP contribution in [0.2, 0.25) is 0 Å². The number of rotatable bonds is 5. The summed E-state index contributed by atoms with van der Waals surface area (Å²) in [5, 5.41) is 9.43. The third-order valence-corrected chi connectivity index (χ3v) is 2.90.